The van der Waals surface area contributed by atoms with Gasteiger partial charge in [0.25, 0.3) is 0 Å². The minimum Gasteiger partial charge on any atom is -0.491 e. The van der Waals surface area contributed by atoms with Crippen LogP contribution in [-0.4, -0.2) is 36.6 Å². The molecule has 0 radical (unpaired) electrons. The Morgan fingerprint density at radius 1 is 0.810 bits per heavy atom. The van der Waals surface area contributed by atoms with E-state index in [1.165, 1.54) is 12.1 Å². The number of rotatable bonds is 7. The van der Waals surface area contributed by atoms with Gasteiger partial charge in [0.15, 0.2) is 11.6 Å². The number of benzene rings is 2. The molecule has 21 heavy (non-hydrogen) atoms. The third-order valence-electron chi connectivity index (χ3n) is 2.83. The third-order valence-corrected chi connectivity index (χ3v) is 2.83. The Balaban J connectivity index is 2.12. The summed E-state index contributed by atoms with van der Waals surface area (Å²) in [6.45, 7) is 0.108. The first-order chi connectivity index (χ1) is 10.2. The van der Waals surface area contributed by atoms with Gasteiger partial charge < -0.3 is 19.7 Å². The van der Waals surface area contributed by atoms with Crippen LogP contribution in [0.4, 0.5) is 4.39 Å². The van der Waals surface area contributed by atoms with Crippen molar-refractivity contribution in [3.05, 3.63) is 48.3 Å². The van der Waals surface area contributed by atoms with Gasteiger partial charge in [0.2, 0.25) is 0 Å². The fourth-order valence-electron chi connectivity index (χ4n) is 1.86. The van der Waals surface area contributed by atoms with Crippen LogP contribution >= 0.6 is 0 Å². The summed E-state index contributed by atoms with van der Waals surface area (Å²) in [5.41, 5.74) is 1.57. The summed E-state index contributed by atoms with van der Waals surface area (Å²) in [5.74, 6) is 0.299. The minimum atomic E-state index is -0.471. The number of hydrogen-bond donors (Lipinski definition) is 2. The second-order valence-corrected chi connectivity index (χ2v) is 4.31. The van der Waals surface area contributed by atoms with Gasteiger partial charge in [-0.3, -0.25) is 0 Å². The molecule has 0 saturated heterocycles. The van der Waals surface area contributed by atoms with Gasteiger partial charge in [-0.25, -0.2) is 4.39 Å². The quantitative estimate of drug-likeness (QED) is 0.821. The first kappa shape index (κ1) is 15.3. The van der Waals surface area contributed by atoms with Crippen molar-refractivity contribution in [3.63, 3.8) is 0 Å². The molecule has 4 nitrogen and oxygen atoms in total. The zero-order valence-electron chi connectivity index (χ0n) is 11.5. The molecule has 0 spiro atoms. The van der Waals surface area contributed by atoms with E-state index in [1.807, 2.05) is 12.1 Å². The molecular weight excluding hydrogens is 275 g/mol. The normalized spacial score (nSPS) is 10.4. The van der Waals surface area contributed by atoms with Crippen LogP contribution in [-0.2, 0) is 0 Å². The molecule has 0 aromatic heterocycles. The fourth-order valence-corrected chi connectivity index (χ4v) is 1.86. The monoisotopic (exact) mass is 292 g/mol. The molecular formula is C16H17FO4. The summed E-state index contributed by atoms with van der Waals surface area (Å²) in [6.07, 6.45) is 0. The van der Waals surface area contributed by atoms with Crippen LogP contribution in [0.25, 0.3) is 11.1 Å². The van der Waals surface area contributed by atoms with E-state index < -0.39 is 5.82 Å². The van der Waals surface area contributed by atoms with E-state index in [2.05, 4.69) is 0 Å². The van der Waals surface area contributed by atoms with Crippen molar-refractivity contribution in [1.82, 2.24) is 0 Å². The van der Waals surface area contributed by atoms with E-state index in [-0.39, 0.29) is 32.2 Å². The van der Waals surface area contributed by atoms with Crippen molar-refractivity contribution in [2.45, 2.75) is 0 Å². The van der Waals surface area contributed by atoms with Crippen molar-refractivity contribution < 1.29 is 24.1 Å². The van der Waals surface area contributed by atoms with Gasteiger partial charge in [-0.15, -0.1) is 0 Å². The first-order valence-electron chi connectivity index (χ1n) is 6.62. The van der Waals surface area contributed by atoms with E-state index in [0.29, 0.717) is 5.75 Å². The van der Waals surface area contributed by atoms with Crippen molar-refractivity contribution in [3.8, 4) is 22.6 Å². The summed E-state index contributed by atoms with van der Waals surface area (Å²) in [6, 6.07) is 11.8. The zero-order valence-corrected chi connectivity index (χ0v) is 11.5. The minimum absolute atomic E-state index is 0.0394. The van der Waals surface area contributed by atoms with Crippen LogP contribution < -0.4 is 9.47 Å². The van der Waals surface area contributed by atoms with Gasteiger partial charge in [-0.1, -0.05) is 18.2 Å². The lowest BCUT2D eigenvalue weighted by Crippen LogP contribution is -2.03. The molecule has 0 heterocycles. The number of aliphatic hydroxyl groups excluding tert-OH is 2. The van der Waals surface area contributed by atoms with Crippen LogP contribution in [0, 0.1) is 5.82 Å². The van der Waals surface area contributed by atoms with Crippen LogP contribution in [0.1, 0.15) is 0 Å². The maximum Gasteiger partial charge on any atom is 0.165 e. The second kappa shape index (κ2) is 7.61. The van der Waals surface area contributed by atoms with E-state index in [1.54, 1.807) is 18.2 Å². The lowest BCUT2D eigenvalue weighted by atomic mass is 10.1. The summed E-state index contributed by atoms with van der Waals surface area (Å²) in [7, 11) is 0. The number of halogens is 1. The van der Waals surface area contributed by atoms with Gasteiger partial charge in [-0.05, 0) is 35.4 Å². The Morgan fingerprint density at radius 3 is 2.05 bits per heavy atom. The van der Waals surface area contributed by atoms with Gasteiger partial charge in [0.05, 0.1) is 13.2 Å². The van der Waals surface area contributed by atoms with Gasteiger partial charge in [-0.2, -0.15) is 0 Å². The molecule has 0 fully saturated rings. The fraction of sp³-hybridized carbons (Fsp3) is 0.250. The molecule has 0 unspecified atom stereocenters. The Hall–Kier alpha value is -2.11. The van der Waals surface area contributed by atoms with Crippen LogP contribution in [0.2, 0.25) is 0 Å². The lowest BCUT2D eigenvalue weighted by Gasteiger charge is -2.09. The summed E-state index contributed by atoms with van der Waals surface area (Å²) in [5, 5.41) is 17.3. The van der Waals surface area contributed by atoms with E-state index in [0.717, 1.165) is 11.1 Å². The van der Waals surface area contributed by atoms with Gasteiger partial charge in [0, 0.05) is 0 Å². The summed E-state index contributed by atoms with van der Waals surface area (Å²) >= 11 is 0. The molecule has 112 valence electrons. The molecule has 2 N–H and O–H groups in total. The van der Waals surface area contributed by atoms with Crippen molar-refractivity contribution in [2.75, 3.05) is 26.4 Å². The largest absolute Gasteiger partial charge is 0.491 e. The molecule has 0 amide bonds. The highest BCUT2D eigenvalue weighted by Gasteiger charge is 2.06. The highest BCUT2D eigenvalue weighted by molar-refractivity contribution is 5.65. The molecule has 0 aliphatic carbocycles. The van der Waals surface area contributed by atoms with Crippen LogP contribution in [0.5, 0.6) is 11.5 Å². The predicted molar refractivity (Wildman–Crippen MR) is 77.0 cm³/mol. The zero-order chi connectivity index (χ0) is 15.1. The van der Waals surface area contributed by atoms with E-state index >= 15 is 0 Å². The SMILES string of the molecule is OCCOc1ccc(-c2ccc(OCCO)c(F)c2)cc1. The Morgan fingerprint density at radius 2 is 1.43 bits per heavy atom. The molecule has 0 atom stereocenters. The molecule has 0 aliphatic heterocycles. The summed E-state index contributed by atoms with van der Waals surface area (Å²) < 4.78 is 24.2. The molecule has 2 aromatic carbocycles. The van der Waals surface area contributed by atoms with E-state index in [4.69, 9.17) is 19.7 Å². The lowest BCUT2D eigenvalue weighted by molar-refractivity contribution is 0.196. The maximum absolute atomic E-state index is 13.8. The van der Waals surface area contributed by atoms with Gasteiger partial charge >= 0.3 is 0 Å². The Bertz CT molecular complexity index is 569. The average Bonchev–Trinajstić information content (AvgIpc) is 2.52. The molecule has 2 aromatic rings. The highest BCUT2D eigenvalue weighted by Crippen LogP contribution is 2.27. The summed E-state index contributed by atoms with van der Waals surface area (Å²) in [4.78, 5) is 0. The van der Waals surface area contributed by atoms with Crippen LogP contribution in [0.15, 0.2) is 42.5 Å². The Labute approximate surface area is 122 Å². The predicted octanol–water partition coefficient (Wildman–Crippen LogP) is 2.23. The standard InChI is InChI=1S/C16H17FO4/c17-15-11-13(3-6-16(15)21-10-8-19)12-1-4-14(5-2-12)20-9-7-18/h1-6,11,18-19H,7-10H2. The smallest absolute Gasteiger partial charge is 0.165 e. The van der Waals surface area contributed by atoms with E-state index in [9.17, 15) is 4.39 Å². The molecule has 0 bridgehead atoms. The third kappa shape index (κ3) is 4.18. The topological polar surface area (TPSA) is 58.9 Å². The number of ether oxygens (including phenoxy) is 2. The van der Waals surface area contributed by atoms with Crippen molar-refractivity contribution in [1.29, 1.82) is 0 Å². The highest BCUT2D eigenvalue weighted by atomic mass is 19.1. The Kier molecular flexibility index (Phi) is 5.54. The maximum atomic E-state index is 13.8. The van der Waals surface area contributed by atoms with Gasteiger partial charge in [0.1, 0.15) is 19.0 Å². The second-order valence-electron chi connectivity index (χ2n) is 4.31. The van der Waals surface area contributed by atoms with Crippen molar-refractivity contribution >= 4 is 0 Å². The molecule has 5 heteroatoms. The molecule has 0 saturated carbocycles. The number of aliphatic hydroxyl groups is 2. The average molecular weight is 292 g/mol. The molecule has 0 aliphatic rings. The first-order valence-corrected chi connectivity index (χ1v) is 6.62. The van der Waals surface area contributed by atoms with Crippen LogP contribution in [0.3, 0.4) is 0 Å². The molecule has 2 rings (SSSR count). The van der Waals surface area contributed by atoms with Crippen molar-refractivity contribution in [2.24, 2.45) is 0 Å². The number of hydrogen-bond acceptors (Lipinski definition) is 4.